The number of hydrogen-bond acceptors (Lipinski definition) is 6. The Bertz CT molecular complexity index is 1570. The lowest BCUT2D eigenvalue weighted by Crippen LogP contribution is -2.21. The van der Waals surface area contributed by atoms with Gasteiger partial charge in [0.2, 0.25) is 0 Å². The second kappa shape index (κ2) is 14.7. The maximum Gasteiger partial charge on any atom is 0.271 e. The summed E-state index contributed by atoms with van der Waals surface area (Å²) in [5.41, 5.74) is 7.26. The van der Waals surface area contributed by atoms with Gasteiger partial charge in [-0.05, 0) is 86.0 Å². The highest BCUT2D eigenvalue weighted by molar-refractivity contribution is 6.30. The molecular formula is C33H32ClN3O5. The van der Waals surface area contributed by atoms with Gasteiger partial charge in [-0.3, -0.25) is 9.59 Å². The molecule has 42 heavy (non-hydrogen) atoms. The summed E-state index contributed by atoms with van der Waals surface area (Å²) in [5, 5.41) is 7.34. The number of hydrogen-bond donors (Lipinski definition) is 2. The minimum absolute atomic E-state index is 0.222. The van der Waals surface area contributed by atoms with Gasteiger partial charge < -0.3 is 19.5 Å². The number of nitrogens with one attached hydrogen (secondary N) is 2. The number of nitrogens with zero attached hydrogens (tertiary/aromatic N) is 1. The average molecular weight is 586 g/mol. The zero-order valence-corrected chi connectivity index (χ0v) is 24.4. The molecule has 0 spiro atoms. The smallest absolute Gasteiger partial charge is 0.271 e. The van der Waals surface area contributed by atoms with Crippen molar-refractivity contribution in [1.29, 1.82) is 0 Å². The number of carbonyl (C=O) groups is 2. The van der Waals surface area contributed by atoms with Gasteiger partial charge in [0.25, 0.3) is 11.8 Å². The van der Waals surface area contributed by atoms with E-state index < -0.39 is 5.91 Å². The number of halogens is 1. The Labute approximate surface area is 250 Å². The van der Waals surface area contributed by atoms with Crippen LogP contribution in [0.15, 0.2) is 90.0 Å². The van der Waals surface area contributed by atoms with Crippen molar-refractivity contribution in [1.82, 2.24) is 5.43 Å². The largest absolute Gasteiger partial charge is 0.490 e. The van der Waals surface area contributed by atoms with Gasteiger partial charge in [-0.25, -0.2) is 5.43 Å². The molecule has 0 radical (unpaired) electrons. The second-order valence-electron chi connectivity index (χ2n) is 9.39. The summed E-state index contributed by atoms with van der Waals surface area (Å²) in [5.74, 6) is 0.605. The van der Waals surface area contributed by atoms with Gasteiger partial charge in [-0.2, -0.15) is 5.10 Å². The van der Waals surface area contributed by atoms with Crippen LogP contribution in [-0.4, -0.2) is 31.2 Å². The lowest BCUT2D eigenvalue weighted by atomic mass is 10.1. The van der Waals surface area contributed by atoms with Gasteiger partial charge >= 0.3 is 0 Å². The van der Waals surface area contributed by atoms with Gasteiger partial charge in [0.05, 0.1) is 12.8 Å². The molecule has 4 rings (SSSR count). The molecule has 4 aromatic rings. The molecule has 0 fully saturated rings. The van der Waals surface area contributed by atoms with Crippen molar-refractivity contribution in [3.05, 3.63) is 118 Å². The van der Waals surface area contributed by atoms with E-state index in [0.717, 1.165) is 16.7 Å². The van der Waals surface area contributed by atoms with Crippen LogP contribution in [0.1, 0.15) is 39.5 Å². The molecule has 8 nitrogen and oxygen atoms in total. The number of rotatable bonds is 12. The molecule has 0 aromatic heterocycles. The first-order valence-corrected chi connectivity index (χ1v) is 13.8. The van der Waals surface area contributed by atoms with E-state index in [2.05, 4.69) is 15.8 Å². The van der Waals surface area contributed by atoms with Crippen LogP contribution in [0.4, 0.5) is 5.69 Å². The maximum atomic E-state index is 12.8. The minimum Gasteiger partial charge on any atom is -0.490 e. The quantitative estimate of drug-likeness (QED) is 0.142. The van der Waals surface area contributed by atoms with Crippen LogP contribution < -0.4 is 25.0 Å². The lowest BCUT2D eigenvalue weighted by molar-refractivity contribution is -0.118. The summed E-state index contributed by atoms with van der Waals surface area (Å²) in [4.78, 5) is 25.3. The standard InChI is InChI=1S/C33H32ClN3O5/c1-4-40-31-18-25(11-14-30(31)41-20-24-8-6-5-7-9-24)33(39)37-35-19-26-17-27(34)12-15-29(26)42-21-32(38)36-28-13-10-22(2)23(3)16-28/h5-19H,4,20-21H2,1-3H3,(H,36,38)(H,37,39)/b35-19+. The highest BCUT2D eigenvalue weighted by atomic mass is 35.5. The summed E-state index contributed by atoms with van der Waals surface area (Å²) in [6.07, 6.45) is 1.40. The van der Waals surface area contributed by atoms with Crippen molar-refractivity contribution in [2.24, 2.45) is 5.10 Å². The second-order valence-corrected chi connectivity index (χ2v) is 9.82. The molecule has 0 aliphatic carbocycles. The van der Waals surface area contributed by atoms with Crippen LogP contribution in [0.5, 0.6) is 17.2 Å². The predicted octanol–water partition coefficient (Wildman–Crippen LogP) is 6.72. The van der Waals surface area contributed by atoms with Crippen LogP contribution in [0, 0.1) is 13.8 Å². The lowest BCUT2D eigenvalue weighted by Gasteiger charge is -2.13. The fourth-order valence-corrected chi connectivity index (χ4v) is 4.09. The molecule has 0 aliphatic rings. The SMILES string of the molecule is CCOc1cc(C(=O)N/N=C/c2cc(Cl)ccc2OCC(=O)Nc2ccc(C)c(C)c2)ccc1OCc1ccccc1. The van der Waals surface area contributed by atoms with Crippen molar-refractivity contribution < 1.29 is 23.8 Å². The van der Waals surface area contributed by atoms with Crippen LogP contribution in [0.3, 0.4) is 0 Å². The summed E-state index contributed by atoms with van der Waals surface area (Å²) in [6.45, 7) is 6.40. The van der Waals surface area contributed by atoms with Gasteiger partial charge in [-0.1, -0.05) is 48.0 Å². The molecule has 0 saturated carbocycles. The highest BCUT2D eigenvalue weighted by Gasteiger charge is 2.13. The summed E-state index contributed by atoms with van der Waals surface area (Å²) < 4.78 is 17.3. The molecule has 0 atom stereocenters. The van der Waals surface area contributed by atoms with E-state index in [1.807, 2.05) is 69.3 Å². The van der Waals surface area contributed by atoms with Gasteiger partial charge in [0, 0.05) is 21.8 Å². The molecule has 216 valence electrons. The Morgan fingerprint density at radius 1 is 0.833 bits per heavy atom. The van der Waals surface area contributed by atoms with Crippen LogP contribution in [0.2, 0.25) is 5.02 Å². The zero-order chi connectivity index (χ0) is 29.9. The maximum absolute atomic E-state index is 12.8. The Morgan fingerprint density at radius 2 is 1.62 bits per heavy atom. The molecule has 0 saturated heterocycles. The number of hydrazone groups is 1. The van der Waals surface area contributed by atoms with Crippen molar-refractivity contribution in [2.45, 2.75) is 27.4 Å². The normalized spacial score (nSPS) is 10.8. The fraction of sp³-hybridized carbons (Fsp3) is 0.182. The molecule has 2 N–H and O–H groups in total. The van der Waals surface area contributed by atoms with Gasteiger partial charge in [-0.15, -0.1) is 0 Å². The number of benzene rings is 4. The topological polar surface area (TPSA) is 98.3 Å². The zero-order valence-electron chi connectivity index (χ0n) is 23.6. The Balaban J connectivity index is 1.37. The molecule has 0 heterocycles. The first-order valence-electron chi connectivity index (χ1n) is 13.4. The van der Waals surface area contributed by atoms with Crippen LogP contribution in [-0.2, 0) is 11.4 Å². The molecule has 2 amide bonds. The summed E-state index contributed by atoms with van der Waals surface area (Å²) >= 11 is 6.17. The first kappa shape index (κ1) is 30.1. The third-order valence-corrected chi connectivity index (χ3v) is 6.47. The van der Waals surface area contributed by atoms with Crippen molar-refractivity contribution in [2.75, 3.05) is 18.5 Å². The Morgan fingerprint density at radius 3 is 2.38 bits per heavy atom. The van der Waals surface area contributed by atoms with Crippen LogP contribution >= 0.6 is 11.6 Å². The third-order valence-electron chi connectivity index (χ3n) is 6.23. The monoisotopic (exact) mass is 585 g/mol. The van der Waals surface area contributed by atoms with E-state index in [1.165, 1.54) is 6.21 Å². The minimum atomic E-state index is -0.445. The van der Waals surface area contributed by atoms with Gasteiger partial charge in [0.15, 0.2) is 18.1 Å². The molecule has 0 bridgehead atoms. The number of anilines is 1. The Kier molecular flexibility index (Phi) is 10.6. The number of ether oxygens (including phenoxy) is 3. The van der Waals surface area contributed by atoms with E-state index >= 15 is 0 Å². The molecular weight excluding hydrogens is 554 g/mol. The van der Waals surface area contributed by atoms with E-state index in [0.29, 0.717) is 52.3 Å². The first-order chi connectivity index (χ1) is 20.3. The third kappa shape index (κ3) is 8.59. The molecule has 0 aliphatic heterocycles. The van der Waals surface area contributed by atoms with E-state index in [4.69, 9.17) is 25.8 Å². The Hall–Kier alpha value is -4.82. The number of aryl methyl sites for hydroxylation is 2. The van der Waals surface area contributed by atoms with E-state index in [-0.39, 0.29) is 12.5 Å². The summed E-state index contributed by atoms with van der Waals surface area (Å²) in [7, 11) is 0. The molecule has 4 aromatic carbocycles. The molecule has 0 unspecified atom stereocenters. The summed E-state index contributed by atoms with van der Waals surface area (Å²) in [6, 6.07) is 25.3. The van der Waals surface area contributed by atoms with E-state index in [9.17, 15) is 9.59 Å². The van der Waals surface area contributed by atoms with Crippen molar-refractivity contribution >= 4 is 35.3 Å². The number of amides is 2. The number of carbonyl (C=O) groups excluding carboxylic acids is 2. The molecule has 9 heteroatoms. The van der Waals surface area contributed by atoms with Crippen molar-refractivity contribution in [3.63, 3.8) is 0 Å². The highest BCUT2D eigenvalue weighted by Crippen LogP contribution is 2.29. The van der Waals surface area contributed by atoms with Crippen molar-refractivity contribution in [3.8, 4) is 17.2 Å². The van der Waals surface area contributed by atoms with Gasteiger partial charge in [0.1, 0.15) is 12.4 Å². The average Bonchev–Trinajstić information content (AvgIpc) is 2.98. The van der Waals surface area contributed by atoms with E-state index in [1.54, 1.807) is 36.4 Å². The fourth-order valence-electron chi connectivity index (χ4n) is 3.91. The predicted molar refractivity (Wildman–Crippen MR) is 165 cm³/mol. The van der Waals surface area contributed by atoms with Crippen LogP contribution in [0.25, 0.3) is 0 Å².